The van der Waals surface area contributed by atoms with Crippen molar-refractivity contribution in [2.24, 2.45) is 0 Å². The molecule has 0 aliphatic rings. The molecule has 0 saturated heterocycles. The van der Waals surface area contributed by atoms with Gasteiger partial charge in [-0.05, 0) is 23.3 Å². The van der Waals surface area contributed by atoms with Gasteiger partial charge in [0.25, 0.3) is 5.69 Å². The Bertz CT molecular complexity index is 1360. The Kier molecular flexibility index (Phi) is 5.82. The van der Waals surface area contributed by atoms with Crippen LogP contribution in [0.15, 0.2) is 78.4 Å². The van der Waals surface area contributed by atoms with Crippen LogP contribution in [0.2, 0.25) is 0 Å². The summed E-state index contributed by atoms with van der Waals surface area (Å²) < 4.78 is 8.29. The Labute approximate surface area is 185 Å². The number of fused-ring (bicyclic) bond motifs is 1. The molecule has 0 saturated carbocycles. The van der Waals surface area contributed by atoms with E-state index in [0.717, 1.165) is 11.7 Å². The standard InChI is InChI=1S/C23H15N3O5S/c27-22(15-4-2-1-3-5-15)18(12-14-6-9-17(10-7-14)26(30)31)21(23(28)29)16-8-11-19-20(13-16)25-32-24-19/h1-11,13H,12H2,(H,28,29). The molecule has 0 radical (unpaired) electrons. The second kappa shape index (κ2) is 8.86. The van der Waals surface area contributed by atoms with E-state index in [1.165, 1.54) is 24.3 Å². The molecule has 32 heavy (non-hydrogen) atoms. The minimum absolute atomic E-state index is 0.0132. The molecule has 0 fully saturated rings. The van der Waals surface area contributed by atoms with E-state index < -0.39 is 16.7 Å². The van der Waals surface area contributed by atoms with Crippen LogP contribution in [0, 0.1) is 10.1 Å². The lowest BCUT2D eigenvalue weighted by atomic mass is 9.89. The van der Waals surface area contributed by atoms with E-state index in [1.807, 2.05) is 0 Å². The molecule has 0 spiro atoms. The quantitative estimate of drug-likeness (QED) is 0.191. The highest BCUT2D eigenvalue weighted by atomic mass is 32.1. The van der Waals surface area contributed by atoms with Crippen LogP contribution in [0.3, 0.4) is 0 Å². The summed E-state index contributed by atoms with van der Waals surface area (Å²) in [6.07, 6.45) is -0.0132. The molecule has 0 bridgehead atoms. The molecular weight excluding hydrogens is 430 g/mol. The lowest BCUT2D eigenvalue weighted by molar-refractivity contribution is -0.384. The van der Waals surface area contributed by atoms with Gasteiger partial charge in [-0.2, -0.15) is 8.75 Å². The monoisotopic (exact) mass is 445 g/mol. The fourth-order valence-corrected chi connectivity index (χ4v) is 3.87. The molecule has 1 aromatic heterocycles. The predicted molar refractivity (Wildman–Crippen MR) is 120 cm³/mol. The lowest BCUT2D eigenvalue weighted by Gasteiger charge is -2.13. The molecule has 4 rings (SSSR count). The van der Waals surface area contributed by atoms with Crippen molar-refractivity contribution < 1.29 is 19.6 Å². The second-order valence-electron chi connectivity index (χ2n) is 6.92. The first-order chi connectivity index (χ1) is 15.4. The number of nitro groups is 1. The van der Waals surface area contributed by atoms with Gasteiger partial charge in [0.2, 0.25) is 0 Å². The number of hydrogen-bond donors (Lipinski definition) is 1. The first-order valence-electron chi connectivity index (χ1n) is 9.46. The van der Waals surface area contributed by atoms with Crippen LogP contribution >= 0.6 is 11.7 Å². The third kappa shape index (κ3) is 4.28. The number of carbonyl (C=O) groups excluding carboxylic acids is 1. The summed E-state index contributed by atoms with van der Waals surface area (Å²) in [5.41, 5.74) is 2.26. The summed E-state index contributed by atoms with van der Waals surface area (Å²) in [7, 11) is 0. The minimum Gasteiger partial charge on any atom is -0.478 e. The largest absolute Gasteiger partial charge is 0.478 e. The highest BCUT2D eigenvalue weighted by Gasteiger charge is 2.24. The highest BCUT2D eigenvalue weighted by Crippen LogP contribution is 2.28. The number of ketones is 1. The third-order valence-corrected chi connectivity index (χ3v) is 5.45. The van der Waals surface area contributed by atoms with Gasteiger partial charge in [0.05, 0.1) is 22.2 Å². The van der Waals surface area contributed by atoms with Gasteiger partial charge >= 0.3 is 5.97 Å². The van der Waals surface area contributed by atoms with Crippen molar-refractivity contribution in [1.29, 1.82) is 0 Å². The number of benzene rings is 3. The summed E-state index contributed by atoms with van der Waals surface area (Å²) in [4.78, 5) is 36.2. The number of allylic oxidation sites excluding steroid dienone is 1. The van der Waals surface area contributed by atoms with Gasteiger partial charge < -0.3 is 5.11 Å². The summed E-state index contributed by atoms with van der Waals surface area (Å²) in [6, 6.07) is 18.9. The van der Waals surface area contributed by atoms with E-state index in [-0.39, 0.29) is 23.3 Å². The van der Waals surface area contributed by atoms with Crippen LogP contribution in [-0.2, 0) is 11.2 Å². The number of aromatic nitrogens is 2. The van der Waals surface area contributed by atoms with Crippen LogP contribution in [0.4, 0.5) is 5.69 Å². The van der Waals surface area contributed by atoms with Gasteiger partial charge in [0.15, 0.2) is 5.78 Å². The number of carboxylic acid groups (broad SMARTS) is 1. The van der Waals surface area contributed by atoms with Gasteiger partial charge in [-0.15, -0.1) is 0 Å². The van der Waals surface area contributed by atoms with Crippen molar-refractivity contribution in [2.75, 3.05) is 0 Å². The SMILES string of the molecule is O=C(O)C(=C(Cc1ccc([N+](=O)[O-])cc1)C(=O)c1ccccc1)c1ccc2nsnc2c1. The van der Waals surface area contributed by atoms with E-state index >= 15 is 0 Å². The topological polar surface area (TPSA) is 123 Å². The molecule has 1 N–H and O–H groups in total. The Balaban J connectivity index is 1.88. The van der Waals surface area contributed by atoms with Gasteiger partial charge in [0.1, 0.15) is 11.0 Å². The summed E-state index contributed by atoms with van der Waals surface area (Å²) in [5, 5.41) is 21.0. The fraction of sp³-hybridized carbons (Fsp3) is 0.0435. The van der Waals surface area contributed by atoms with Crippen LogP contribution < -0.4 is 0 Å². The van der Waals surface area contributed by atoms with Crippen molar-refractivity contribution in [2.45, 2.75) is 6.42 Å². The number of carbonyl (C=O) groups is 2. The van der Waals surface area contributed by atoms with E-state index in [2.05, 4.69) is 8.75 Å². The Morgan fingerprint density at radius 1 is 0.906 bits per heavy atom. The van der Waals surface area contributed by atoms with Gasteiger partial charge in [-0.3, -0.25) is 14.9 Å². The Hall–Kier alpha value is -4.24. The molecule has 0 unspecified atom stereocenters. The highest BCUT2D eigenvalue weighted by molar-refractivity contribution is 7.00. The van der Waals surface area contributed by atoms with Crippen molar-refractivity contribution >= 4 is 45.8 Å². The van der Waals surface area contributed by atoms with Crippen molar-refractivity contribution in [3.63, 3.8) is 0 Å². The third-order valence-electron chi connectivity index (χ3n) is 4.90. The van der Waals surface area contributed by atoms with Crippen LogP contribution in [0.5, 0.6) is 0 Å². The second-order valence-corrected chi connectivity index (χ2v) is 7.45. The predicted octanol–water partition coefficient (Wildman–Crippen LogP) is 4.56. The summed E-state index contributed by atoms with van der Waals surface area (Å²) >= 11 is 1.01. The zero-order valence-electron chi connectivity index (χ0n) is 16.5. The summed E-state index contributed by atoms with van der Waals surface area (Å²) in [6.45, 7) is 0. The van der Waals surface area contributed by atoms with Crippen molar-refractivity contribution in [3.05, 3.63) is 105 Å². The van der Waals surface area contributed by atoms with Gasteiger partial charge in [0, 0.05) is 29.7 Å². The van der Waals surface area contributed by atoms with E-state index in [4.69, 9.17) is 0 Å². The van der Waals surface area contributed by atoms with Crippen molar-refractivity contribution in [1.82, 2.24) is 8.75 Å². The normalized spacial score (nSPS) is 11.8. The number of non-ortho nitro benzene ring substituents is 1. The number of rotatable bonds is 7. The molecule has 9 heteroatoms. The Morgan fingerprint density at radius 2 is 1.59 bits per heavy atom. The molecule has 0 aliphatic heterocycles. The van der Waals surface area contributed by atoms with Crippen LogP contribution in [-0.4, -0.2) is 30.5 Å². The average Bonchev–Trinajstić information content (AvgIpc) is 3.27. The molecule has 3 aromatic carbocycles. The molecule has 0 atom stereocenters. The first kappa shape index (κ1) is 21.0. The summed E-state index contributed by atoms with van der Waals surface area (Å²) in [5.74, 6) is -1.69. The molecule has 8 nitrogen and oxygen atoms in total. The van der Waals surface area contributed by atoms with Gasteiger partial charge in [-0.25, -0.2) is 4.79 Å². The maximum Gasteiger partial charge on any atom is 0.336 e. The molecule has 4 aromatic rings. The van der Waals surface area contributed by atoms with E-state index in [0.29, 0.717) is 27.7 Å². The van der Waals surface area contributed by atoms with Gasteiger partial charge in [-0.1, -0.05) is 48.5 Å². The number of carboxylic acids is 1. The smallest absolute Gasteiger partial charge is 0.336 e. The molecular formula is C23H15N3O5S. The van der Waals surface area contributed by atoms with Crippen LogP contribution in [0.1, 0.15) is 21.5 Å². The average molecular weight is 445 g/mol. The minimum atomic E-state index is -1.26. The van der Waals surface area contributed by atoms with Crippen LogP contribution in [0.25, 0.3) is 16.6 Å². The maximum absolute atomic E-state index is 13.4. The zero-order valence-corrected chi connectivity index (χ0v) is 17.3. The molecule has 0 aliphatic carbocycles. The molecule has 1 heterocycles. The molecule has 0 amide bonds. The fourth-order valence-electron chi connectivity index (χ4n) is 3.35. The number of aliphatic carboxylic acids is 1. The number of nitrogens with zero attached hydrogens (tertiary/aromatic N) is 3. The number of hydrogen-bond acceptors (Lipinski definition) is 7. The zero-order chi connectivity index (χ0) is 22.7. The molecule has 158 valence electrons. The lowest BCUT2D eigenvalue weighted by Crippen LogP contribution is -2.14. The number of Topliss-reactive ketones (excluding diaryl/α,β-unsaturated/α-hetero) is 1. The first-order valence-corrected chi connectivity index (χ1v) is 10.2. The Morgan fingerprint density at radius 3 is 2.25 bits per heavy atom. The van der Waals surface area contributed by atoms with Crippen molar-refractivity contribution in [3.8, 4) is 0 Å². The number of nitro benzene ring substituents is 1. The van der Waals surface area contributed by atoms with E-state index in [9.17, 15) is 24.8 Å². The maximum atomic E-state index is 13.4. The van der Waals surface area contributed by atoms with E-state index in [1.54, 1.807) is 48.5 Å².